The molecule has 0 saturated heterocycles. The predicted molar refractivity (Wildman–Crippen MR) is 86.8 cm³/mol. The topological polar surface area (TPSA) is 30.2 Å². The standard InChI is InChI=1S/C15H17N3S2/c1-4-7-19-15-17-18-9-13(16-14(18)20-15)12-6-5-10(2)8-11(12)3/h5-6,8-9H,4,7H2,1-3H3. The van der Waals surface area contributed by atoms with E-state index < -0.39 is 0 Å². The molecule has 0 fully saturated rings. The van der Waals surface area contributed by atoms with Crippen molar-refractivity contribution in [3.63, 3.8) is 0 Å². The fourth-order valence-electron chi connectivity index (χ4n) is 2.16. The zero-order valence-corrected chi connectivity index (χ0v) is 13.5. The van der Waals surface area contributed by atoms with Crippen LogP contribution < -0.4 is 0 Å². The van der Waals surface area contributed by atoms with E-state index in [9.17, 15) is 0 Å². The minimum absolute atomic E-state index is 0.971. The van der Waals surface area contributed by atoms with Crippen LogP contribution in [-0.2, 0) is 0 Å². The van der Waals surface area contributed by atoms with Gasteiger partial charge in [0.2, 0.25) is 4.96 Å². The number of hydrogen-bond acceptors (Lipinski definition) is 4. The molecule has 0 aliphatic heterocycles. The monoisotopic (exact) mass is 303 g/mol. The normalized spacial score (nSPS) is 11.3. The molecule has 3 aromatic rings. The highest BCUT2D eigenvalue weighted by Crippen LogP contribution is 2.29. The molecule has 0 atom stereocenters. The number of hydrogen-bond donors (Lipinski definition) is 0. The molecule has 5 heteroatoms. The van der Waals surface area contributed by atoms with Crippen molar-refractivity contribution >= 4 is 28.1 Å². The third-order valence-corrected chi connectivity index (χ3v) is 5.37. The number of aromatic nitrogens is 3. The summed E-state index contributed by atoms with van der Waals surface area (Å²) in [6.07, 6.45) is 3.19. The van der Waals surface area contributed by atoms with Crippen LogP contribution in [-0.4, -0.2) is 20.4 Å². The molecule has 0 amide bonds. The minimum atomic E-state index is 0.971. The van der Waals surface area contributed by atoms with Gasteiger partial charge in [-0.05, 0) is 25.8 Å². The molecule has 3 nitrogen and oxygen atoms in total. The Kier molecular flexibility index (Phi) is 3.81. The lowest BCUT2D eigenvalue weighted by Gasteiger charge is -2.03. The summed E-state index contributed by atoms with van der Waals surface area (Å²) in [5.41, 5.74) is 4.74. The van der Waals surface area contributed by atoms with Crippen LogP contribution in [0.15, 0.2) is 28.7 Å². The lowest BCUT2D eigenvalue weighted by atomic mass is 10.0. The number of benzene rings is 1. The Balaban J connectivity index is 1.95. The molecule has 2 aromatic heterocycles. The van der Waals surface area contributed by atoms with E-state index in [1.54, 1.807) is 23.1 Å². The highest BCUT2D eigenvalue weighted by Gasteiger charge is 2.11. The van der Waals surface area contributed by atoms with Crippen molar-refractivity contribution in [2.75, 3.05) is 5.75 Å². The largest absolute Gasteiger partial charge is 0.217 e. The molecule has 2 heterocycles. The number of fused-ring (bicyclic) bond motifs is 1. The van der Waals surface area contributed by atoms with Crippen molar-refractivity contribution in [2.45, 2.75) is 31.5 Å². The predicted octanol–water partition coefficient (Wildman–Crippen LogP) is 4.58. The minimum Gasteiger partial charge on any atom is -0.217 e. The van der Waals surface area contributed by atoms with Gasteiger partial charge in [0.25, 0.3) is 0 Å². The average Bonchev–Trinajstić information content (AvgIpc) is 2.94. The van der Waals surface area contributed by atoms with Gasteiger partial charge >= 0.3 is 0 Å². The lowest BCUT2D eigenvalue weighted by Crippen LogP contribution is -1.85. The van der Waals surface area contributed by atoms with Crippen molar-refractivity contribution in [2.24, 2.45) is 0 Å². The van der Waals surface area contributed by atoms with Crippen molar-refractivity contribution in [3.8, 4) is 11.3 Å². The van der Waals surface area contributed by atoms with E-state index in [0.29, 0.717) is 0 Å². The summed E-state index contributed by atoms with van der Waals surface area (Å²) in [6, 6.07) is 6.47. The van der Waals surface area contributed by atoms with Gasteiger partial charge in [0, 0.05) is 11.3 Å². The Hall–Kier alpha value is -1.33. The third-order valence-electron chi connectivity index (χ3n) is 3.11. The number of imidazole rings is 1. The fraction of sp³-hybridized carbons (Fsp3) is 0.333. The van der Waals surface area contributed by atoms with Crippen molar-refractivity contribution < 1.29 is 0 Å². The number of aryl methyl sites for hydroxylation is 2. The van der Waals surface area contributed by atoms with Crippen LogP contribution in [0.25, 0.3) is 16.2 Å². The van der Waals surface area contributed by atoms with E-state index in [-0.39, 0.29) is 0 Å². The van der Waals surface area contributed by atoms with E-state index in [1.165, 1.54) is 23.1 Å². The molecule has 0 unspecified atom stereocenters. The second kappa shape index (κ2) is 5.58. The first-order chi connectivity index (χ1) is 9.67. The molecular weight excluding hydrogens is 286 g/mol. The van der Waals surface area contributed by atoms with Gasteiger partial charge in [-0.1, -0.05) is 53.8 Å². The summed E-state index contributed by atoms with van der Waals surface area (Å²) in [4.78, 5) is 5.68. The van der Waals surface area contributed by atoms with Crippen LogP contribution in [0.2, 0.25) is 0 Å². The van der Waals surface area contributed by atoms with Gasteiger partial charge < -0.3 is 0 Å². The maximum absolute atomic E-state index is 4.71. The molecule has 104 valence electrons. The Morgan fingerprint density at radius 3 is 2.85 bits per heavy atom. The second-order valence-corrected chi connectivity index (χ2v) is 7.19. The lowest BCUT2D eigenvalue weighted by molar-refractivity contribution is 0.914. The summed E-state index contributed by atoms with van der Waals surface area (Å²) in [6.45, 7) is 6.43. The van der Waals surface area contributed by atoms with Gasteiger partial charge in [-0.2, -0.15) is 0 Å². The maximum Gasteiger partial charge on any atom is 0.213 e. The Morgan fingerprint density at radius 2 is 2.15 bits per heavy atom. The Labute approximate surface area is 127 Å². The molecule has 0 bridgehead atoms. The first-order valence-electron chi connectivity index (χ1n) is 6.74. The van der Waals surface area contributed by atoms with Gasteiger partial charge in [0.1, 0.15) is 0 Å². The van der Waals surface area contributed by atoms with E-state index in [1.807, 2.05) is 10.7 Å². The Morgan fingerprint density at radius 1 is 1.30 bits per heavy atom. The van der Waals surface area contributed by atoms with Crippen LogP contribution in [0, 0.1) is 13.8 Å². The number of rotatable bonds is 4. The van der Waals surface area contributed by atoms with Gasteiger partial charge in [0.15, 0.2) is 4.34 Å². The quantitative estimate of drug-likeness (QED) is 0.661. The van der Waals surface area contributed by atoms with Crippen molar-refractivity contribution in [1.82, 2.24) is 14.6 Å². The van der Waals surface area contributed by atoms with Gasteiger partial charge in [-0.3, -0.25) is 0 Å². The van der Waals surface area contributed by atoms with Crippen LogP contribution in [0.3, 0.4) is 0 Å². The summed E-state index contributed by atoms with van der Waals surface area (Å²) in [7, 11) is 0. The molecule has 3 rings (SSSR count). The molecule has 0 radical (unpaired) electrons. The first kappa shape index (κ1) is 13.6. The zero-order valence-electron chi connectivity index (χ0n) is 11.9. The van der Waals surface area contributed by atoms with Crippen LogP contribution >= 0.6 is 23.1 Å². The van der Waals surface area contributed by atoms with Crippen LogP contribution in [0.1, 0.15) is 24.5 Å². The summed E-state index contributed by atoms with van der Waals surface area (Å²) in [5, 5.41) is 4.58. The second-order valence-electron chi connectivity index (χ2n) is 4.89. The molecule has 0 N–H and O–H groups in total. The number of nitrogens with zero attached hydrogens (tertiary/aromatic N) is 3. The van der Waals surface area contributed by atoms with E-state index >= 15 is 0 Å². The zero-order chi connectivity index (χ0) is 14.1. The summed E-state index contributed by atoms with van der Waals surface area (Å²) < 4.78 is 3.00. The first-order valence-corrected chi connectivity index (χ1v) is 8.54. The SMILES string of the molecule is CCCSc1nn2cc(-c3ccc(C)cc3C)nc2s1. The smallest absolute Gasteiger partial charge is 0.213 e. The molecule has 0 spiro atoms. The average molecular weight is 303 g/mol. The molecule has 20 heavy (non-hydrogen) atoms. The van der Waals surface area contributed by atoms with Crippen LogP contribution in [0.4, 0.5) is 0 Å². The summed E-state index contributed by atoms with van der Waals surface area (Å²) in [5.74, 6) is 1.11. The summed E-state index contributed by atoms with van der Waals surface area (Å²) >= 11 is 3.47. The molecular formula is C15H17N3S2. The molecule has 0 aliphatic rings. The fourth-order valence-corrected chi connectivity index (χ4v) is 4.01. The van der Waals surface area contributed by atoms with Crippen molar-refractivity contribution in [3.05, 3.63) is 35.5 Å². The highest BCUT2D eigenvalue weighted by molar-refractivity contribution is 8.01. The maximum atomic E-state index is 4.71. The molecule has 0 aliphatic carbocycles. The third kappa shape index (κ3) is 2.60. The Bertz CT molecular complexity index is 711. The van der Waals surface area contributed by atoms with Crippen molar-refractivity contribution in [1.29, 1.82) is 0 Å². The van der Waals surface area contributed by atoms with E-state index in [2.05, 4.69) is 44.1 Å². The molecule has 0 saturated carbocycles. The van der Waals surface area contributed by atoms with Gasteiger partial charge in [-0.15, -0.1) is 5.10 Å². The number of thioether (sulfide) groups is 1. The van der Waals surface area contributed by atoms with E-state index in [4.69, 9.17) is 4.98 Å². The van der Waals surface area contributed by atoms with Gasteiger partial charge in [0.05, 0.1) is 11.9 Å². The van der Waals surface area contributed by atoms with Gasteiger partial charge in [-0.25, -0.2) is 9.50 Å². The van der Waals surface area contributed by atoms with Crippen LogP contribution in [0.5, 0.6) is 0 Å². The highest BCUT2D eigenvalue weighted by atomic mass is 32.2. The van der Waals surface area contributed by atoms with E-state index in [0.717, 1.165) is 20.7 Å². The molecule has 1 aromatic carbocycles.